The molecule has 4 heteroatoms. The largest absolute Gasteiger partial charge is 0.384 e. The third-order valence-electron chi connectivity index (χ3n) is 6.22. The molecule has 2 aliphatic carbocycles. The highest BCUT2D eigenvalue weighted by Crippen LogP contribution is 2.35. The quantitative estimate of drug-likeness (QED) is 0.860. The SMILES string of the molecule is Cn1cc(CNCC2(O)CCCc3ccccc32)c(C2CCCCC2)n1. The number of aromatic nitrogens is 2. The Kier molecular flexibility index (Phi) is 5.14. The fourth-order valence-corrected chi connectivity index (χ4v) is 4.90. The number of fused-ring (bicyclic) bond motifs is 1. The highest BCUT2D eigenvalue weighted by molar-refractivity contribution is 5.35. The third kappa shape index (κ3) is 3.58. The van der Waals surface area contributed by atoms with E-state index >= 15 is 0 Å². The number of rotatable bonds is 5. The zero-order chi connectivity index (χ0) is 18.0. The van der Waals surface area contributed by atoms with Gasteiger partial charge in [-0.3, -0.25) is 4.68 Å². The number of benzene rings is 1. The summed E-state index contributed by atoms with van der Waals surface area (Å²) in [6, 6.07) is 8.36. The lowest BCUT2D eigenvalue weighted by Gasteiger charge is -2.35. The molecule has 1 atom stereocenters. The van der Waals surface area contributed by atoms with Crippen LogP contribution in [0.15, 0.2) is 30.5 Å². The maximum absolute atomic E-state index is 11.2. The lowest BCUT2D eigenvalue weighted by Crippen LogP contribution is -2.40. The molecule has 4 rings (SSSR count). The molecule has 0 radical (unpaired) electrons. The van der Waals surface area contributed by atoms with E-state index in [0.29, 0.717) is 12.5 Å². The second kappa shape index (κ2) is 7.53. The molecule has 2 aromatic rings. The molecule has 4 nitrogen and oxygen atoms in total. The van der Waals surface area contributed by atoms with Crippen LogP contribution in [0.5, 0.6) is 0 Å². The molecular formula is C22H31N3O. The van der Waals surface area contributed by atoms with Gasteiger partial charge in [-0.15, -0.1) is 0 Å². The topological polar surface area (TPSA) is 50.1 Å². The number of nitrogens with zero attached hydrogens (tertiary/aromatic N) is 2. The van der Waals surface area contributed by atoms with Crippen LogP contribution in [0.3, 0.4) is 0 Å². The molecule has 0 bridgehead atoms. The Balaban J connectivity index is 1.44. The van der Waals surface area contributed by atoms with Crippen LogP contribution in [0.2, 0.25) is 0 Å². The summed E-state index contributed by atoms with van der Waals surface area (Å²) in [5.41, 5.74) is 4.23. The van der Waals surface area contributed by atoms with Crippen LogP contribution in [-0.2, 0) is 25.6 Å². The van der Waals surface area contributed by atoms with Gasteiger partial charge in [0.05, 0.1) is 5.69 Å². The molecule has 1 aromatic heterocycles. The monoisotopic (exact) mass is 353 g/mol. The van der Waals surface area contributed by atoms with E-state index in [1.807, 2.05) is 17.8 Å². The molecule has 140 valence electrons. The molecule has 0 amide bonds. The minimum absolute atomic E-state index is 0.600. The van der Waals surface area contributed by atoms with Gasteiger partial charge in [0.1, 0.15) is 5.60 Å². The minimum atomic E-state index is -0.748. The molecule has 2 N–H and O–H groups in total. The van der Waals surface area contributed by atoms with Gasteiger partial charge in [0.25, 0.3) is 0 Å². The maximum atomic E-state index is 11.2. The van der Waals surface area contributed by atoms with Crippen molar-refractivity contribution in [1.82, 2.24) is 15.1 Å². The standard InChI is InChI=1S/C22H31N3O/c1-25-15-19(21(24-25)18-9-3-2-4-10-18)14-23-16-22(26)13-7-11-17-8-5-6-12-20(17)22/h5-6,8,12,15,18,23,26H,2-4,7,9-11,13-14,16H2,1H3. The fourth-order valence-electron chi connectivity index (χ4n) is 4.90. The lowest BCUT2D eigenvalue weighted by molar-refractivity contribution is 0.0189. The Morgan fingerprint density at radius 3 is 2.85 bits per heavy atom. The Labute approximate surface area is 156 Å². The number of aryl methyl sites for hydroxylation is 2. The minimum Gasteiger partial charge on any atom is -0.384 e. The first-order chi connectivity index (χ1) is 12.7. The summed E-state index contributed by atoms with van der Waals surface area (Å²) in [6.07, 6.45) is 11.7. The zero-order valence-electron chi connectivity index (χ0n) is 15.9. The van der Waals surface area contributed by atoms with Crippen molar-refractivity contribution in [3.8, 4) is 0 Å². The van der Waals surface area contributed by atoms with E-state index in [4.69, 9.17) is 5.10 Å². The van der Waals surface area contributed by atoms with Crippen LogP contribution in [-0.4, -0.2) is 21.4 Å². The Morgan fingerprint density at radius 2 is 2.00 bits per heavy atom. The highest BCUT2D eigenvalue weighted by Gasteiger charge is 2.33. The Hall–Kier alpha value is -1.65. The van der Waals surface area contributed by atoms with Gasteiger partial charge in [-0.2, -0.15) is 5.10 Å². The molecule has 1 fully saturated rings. The number of hydrogen-bond acceptors (Lipinski definition) is 3. The van der Waals surface area contributed by atoms with E-state index in [2.05, 4.69) is 29.7 Å². The summed E-state index contributed by atoms with van der Waals surface area (Å²) in [5, 5.41) is 19.6. The third-order valence-corrected chi connectivity index (χ3v) is 6.22. The summed E-state index contributed by atoms with van der Waals surface area (Å²) in [4.78, 5) is 0. The van der Waals surface area contributed by atoms with Gasteiger partial charge < -0.3 is 10.4 Å². The van der Waals surface area contributed by atoms with Crippen molar-refractivity contribution in [3.05, 3.63) is 52.8 Å². The van der Waals surface area contributed by atoms with E-state index in [1.165, 1.54) is 48.9 Å². The summed E-state index contributed by atoms with van der Waals surface area (Å²) in [5.74, 6) is 0.611. The Morgan fingerprint density at radius 1 is 1.19 bits per heavy atom. The summed E-state index contributed by atoms with van der Waals surface area (Å²) in [6.45, 7) is 1.38. The predicted molar refractivity (Wildman–Crippen MR) is 104 cm³/mol. The van der Waals surface area contributed by atoms with E-state index in [9.17, 15) is 5.11 Å². The number of nitrogens with one attached hydrogen (secondary N) is 1. The van der Waals surface area contributed by atoms with Crippen molar-refractivity contribution in [1.29, 1.82) is 0 Å². The molecule has 1 aromatic carbocycles. The van der Waals surface area contributed by atoms with Crippen molar-refractivity contribution in [2.45, 2.75) is 69.4 Å². The van der Waals surface area contributed by atoms with Crippen LogP contribution < -0.4 is 5.32 Å². The molecule has 0 aliphatic heterocycles. The second-order valence-electron chi connectivity index (χ2n) is 8.19. The average Bonchev–Trinajstić information content (AvgIpc) is 3.03. The van der Waals surface area contributed by atoms with Crippen LogP contribution in [0.25, 0.3) is 0 Å². The molecule has 0 saturated heterocycles. The zero-order valence-corrected chi connectivity index (χ0v) is 15.9. The molecule has 1 saturated carbocycles. The van der Waals surface area contributed by atoms with Crippen molar-refractivity contribution in [2.24, 2.45) is 7.05 Å². The van der Waals surface area contributed by atoms with E-state index in [1.54, 1.807) is 0 Å². The summed E-state index contributed by atoms with van der Waals surface area (Å²) < 4.78 is 1.95. The molecule has 2 aliphatic rings. The van der Waals surface area contributed by atoms with Crippen LogP contribution >= 0.6 is 0 Å². The maximum Gasteiger partial charge on any atom is 0.102 e. The van der Waals surface area contributed by atoms with Gasteiger partial charge in [0, 0.05) is 37.8 Å². The summed E-state index contributed by atoms with van der Waals surface area (Å²) >= 11 is 0. The fraction of sp³-hybridized carbons (Fsp3) is 0.591. The summed E-state index contributed by atoms with van der Waals surface area (Å²) in [7, 11) is 2.01. The predicted octanol–water partition coefficient (Wildman–Crippen LogP) is 3.78. The van der Waals surface area contributed by atoms with Crippen LogP contribution in [0.1, 0.15) is 73.2 Å². The molecule has 26 heavy (non-hydrogen) atoms. The van der Waals surface area contributed by atoms with Crippen molar-refractivity contribution >= 4 is 0 Å². The van der Waals surface area contributed by atoms with Gasteiger partial charge in [0.2, 0.25) is 0 Å². The van der Waals surface area contributed by atoms with Gasteiger partial charge in [-0.25, -0.2) is 0 Å². The smallest absolute Gasteiger partial charge is 0.102 e. The van der Waals surface area contributed by atoms with Gasteiger partial charge in [0.15, 0.2) is 0 Å². The molecule has 0 spiro atoms. The average molecular weight is 354 g/mol. The van der Waals surface area contributed by atoms with Crippen LogP contribution in [0, 0.1) is 0 Å². The van der Waals surface area contributed by atoms with E-state index < -0.39 is 5.60 Å². The van der Waals surface area contributed by atoms with E-state index in [-0.39, 0.29) is 0 Å². The van der Waals surface area contributed by atoms with Gasteiger partial charge in [-0.05, 0) is 43.2 Å². The first kappa shape index (κ1) is 17.7. The second-order valence-corrected chi connectivity index (χ2v) is 8.19. The normalized spacial score (nSPS) is 23.8. The Bertz CT molecular complexity index is 748. The molecule has 1 heterocycles. The first-order valence-corrected chi connectivity index (χ1v) is 10.2. The molecular weight excluding hydrogens is 322 g/mol. The lowest BCUT2D eigenvalue weighted by atomic mass is 9.79. The van der Waals surface area contributed by atoms with Crippen molar-refractivity contribution < 1.29 is 5.11 Å². The highest BCUT2D eigenvalue weighted by atomic mass is 16.3. The number of hydrogen-bond donors (Lipinski definition) is 2. The first-order valence-electron chi connectivity index (χ1n) is 10.2. The number of aliphatic hydroxyl groups is 1. The van der Waals surface area contributed by atoms with Gasteiger partial charge in [-0.1, -0.05) is 43.5 Å². The van der Waals surface area contributed by atoms with Crippen LogP contribution in [0.4, 0.5) is 0 Å². The van der Waals surface area contributed by atoms with Gasteiger partial charge >= 0.3 is 0 Å². The van der Waals surface area contributed by atoms with Crippen molar-refractivity contribution in [2.75, 3.05) is 6.54 Å². The van der Waals surface area contributed by atoms with E-state index in [0.717, 1.165) is 31.4 Å². The molecule has 1 unspecified atom stereocenters. The van der Waals surface area contributed by atoms with Crippen molar-refractivity contribution in [3.63, 3.8) is 0 Å².